The van der Waals surface area contributed by atoms with Crippen LogP contribution in [0.25, 0.3) is 11.0 Å². The highest BCUT2D eigenvalue weighted by Crippen LogP contribution is 2.21. The summed E-state index contributed by atoms with van der Waals surface area (Å²) in [6.45, 7) is 7.87. The molecule has 1 saturated heterocycles. The van der Waals surface area contributed by atoms with Gasteiger partial charge in [0.25, 0.3) is 0 Å². The lowest BCUT2D eigenvalue weighted by molar-refractivity contribution is -0.120. The van der Waals surface area contributed by atoms with Gasteiger partial charge in [-0.3, -0.25) is 4.79 Å². The predicted octanol–water partition coefficient (Wildman–Crippen LogP) is 1.81. The molecule has 2 aromatic heterocycles. The highest BCUT2D eigenvalue weighted by Gasteiger charge is 2.29. The van der Waals surface area contributed by atoms with E-state index in [1.807, 2.05) is 10.7 Å². The zero-order chi connectivity index (χ0) is 15.0. The van der Waals surface area contributed by atoms with E-state index in [4.69, 9.17) is 0 Å². The third-order valence-electron chi connectivity index (χ3n) is 4.04. The smallest absolute Gasteiger partial charge is 0.229 e. The molecule has 21 heavy (non-hydrogen) atoms. The highest BCUT2D eigenvalue weighted by molar-refractivity contribution is 5.94. The molecule has 1 fully saturated rings. The largest absolute Gasteiger partial charge is 0.324 e. The molecule has 0 spiro atoms. The molecule has 2 atom stereocenters. The number of carbonyl (C=O) groups is 1. The Balaban J connectivity index is 1.80. The van der Waals surface area contributed by atoms with Crippen molar-refractivity contribution in [1.82, 2.24) is 20.1 Å². The minimum atomic E-state index is 0.0269. The fraction of sp³-hybridized carbons (Fsp3) is 0.533. The van der Waals surface area contributed by atoms with Crippen molar-refractivity contribution < 1.29 is 4.79 Å². The van der Waals surface area contributed by atoms with Gasteiger partial charge in [-0.1, -0.05) is 6.92 Å². The summed E-state index contributed by atoms with van der Waals surface area (Å²) in [5.41, 5.74) is 1.58. The lowest BCUT2D eigenvalue weighted by Gasteiger charge is -2.14. The number of anilines is 1. The van der Waals surface area contributed by atoms with Gasteiger partial charge in [0.05, 0.1) is 24.0 Å². The molecule has 1 aliphatic rings. The van der Waals surface area contributed by atoms with E-state index in [0.29, 0.717) is 5.92 Å². The number of pyridine rings is 1. The topological polar surface area (TPSA) is 71.8 Å². The molecular formula is C15H21N5O. The molecule has 0 aliphatic carbocycles. The first-order valence-corrected chi connectivity index (χ1v) is 7.41. The molecule has 6 heteroatoms. The van der Waals surface area contributed by atoms with E-state index in [1.54, 1.807) is 12.4 Å². The van der Waals surface area contributed by atoms with Gasteiger partial charge >= 0.3 is 0 Å². The van der Waals surface area contributed by atoms with Gasteiger partial charge in [0.15, 0.2) is 5.65 Å². The van der Waals surface area contributed by atoms with Crippen LogP contribution in [-0.4, -0.2) is 33.8 Å². The lowest BCUT2D eigenvalue weighted by atomic mass is 9.97. The first-order chi connectivity index (χ1) is 10.1. The lowest BCUT2D eigenvalue weighted by Crippen LogP contribution is -2.27. The Morgan fingerprint density at radius 1 is 1.43 bits per heavy atom. The van der Waals surface area contributed by atoms with Crippen LogP contribution in [0.15, 0.2) is 18.5 Å². The standard InChI is InChI=1S/C15H21N5O/c1-9(2)20-14-11(6-18-20)4-12(7-17-14)19-15(21)13-8-16-5-10(13)3/h4,6-7,9-10,13,16H,5,8H2,1-3H3,(H,19,21)/t10-,13-/m1/s1. The quantitative estimate of drug-likeness (QED) is 0.903. The van der Waals surface area contributed by atoms with E-state index in [2.05, 4.69) is 41.5 Å². The monoisotopic (exact) mass is 287 g/mol. The molecule has 112 valence electrons. The van der Waals surface area contributed by atoms with Gasteiger partial charge in [-0.25, -0.2) is 9.67 Å². The number of rotatable bonds is 3. The second kappa shape index (κ2) is 5.44. The van der Waals surface area contributed by atoms with Gasteiger partial charge in [-0.05, 0) is 32.4 Å². The van der Waals surface area contributed by atoms with Crippen LogP contribution < -0.4 is 10.6 Å². The number of hydrogen-bond donors (Lipinski definition) is 2. The molecule has 2 N–H and O–H groups in total. The summed E-state index contributed by atoms with van der Waals surface area (Å²) >= 11 is 0. The molecule has 0 radical (unpaired) electrons. The van der Waals surface area contributed by atoms with Gasteiger partial charge in [0.2, 0.25) is 5.91 Å². The Hall–Kier alpha value is -1.95. The maximum atomic E-state index is 12.3. The Bertz CT molecular complexity index is 663. The summed E-state index contributed by atoms with van der Waals surface area (Å²) in [4.78, 5) is 16.7. The van der Waals surface area contributed by atoms with Crippen LogP contribution >= 0.6 is 0 Å². The Labute approximate surface area is 123 Å². The molecule has 6 nitrogen and oxygen atoms in total. The average Bonchev–Trinajstić information content (AvgIpc) is 3.04. The van der Waals surface area contributed by atoms with Crippen molar-refractivity contribution in [2.24, 2.45) is 11.8 Å². The number of fused-ring (bicyclic) bond motifs is 1. The maximum Gasteiger partial charge on any atom is 0.229 e. The predicted molar refractivity (Wildman–Crippen MR) is 82.1 cm³/mol. The van der Waals surface area contributed by atoms with Crippen molar-refractivity contribution in [2.45, 2.75) is 26.8 Å². The van der Waals surface area contributed by atoms with Gasteiger partial charge in [0.1, 0.15) is 0 Å². The molecule has 0 saturated carbocycles. The van der Waals surface area contributed by atoms with Crippen molar-refractivity contribution in [3.8, 4) is 0 Å². The summed E-state index contributed by atoms with van der Waals surface area (Å²) in [6, 6.07) is 2.19. The van der Waals surface area contributed by atoms with E-state index in [1.165, 1.54) is 0 Å². The number of amides is 1. The number of aromatic nitrogens is 3. The normalized spacial score (nSPS) is 22.1. The second-order valence-electron chi connectivity index (χ2n) is 6.05. The third-order valence-corrected chi connectivity index (χ3v) is 4.04. The fourth-order valence-electron chi connectivity index (χ4n) is 2.78. The first kappa shape index (κ1) is 14.0. The molecule has 1 amide bonds. The number of carbonyl (C=O) groups excluding carboxylic acids is 1. The van der Waals surface area contributed by atoms with E-state index in [-0.39, 0.29) is 17.9 Å². The van der Waals surface area contributed by atoms with Crippen molar-refractivity contribution >= 4 is 22.6 Å². The van der Waals surface area contributed by atoms with Crippen LogP contribution in [0.3, 0.4) is 0 Å². The van der Waals surface area contributed by atoms with E-state index in [0.717, 1.165) is 29.8 Å². The minimum absolute atomic E-state index is 0.0269. The van der Waals surface area contributed by atoms with Crippen molar-refractivity contribution in [3.63, 3.8) is 0 Å². The third kappa shape index (κ3) is 2.63. The molecule has 1 aliphatic heterocycles. The Kier molecular flexibility index (Phi) is 3.63. The Morgan fingerprint density at radius 3 is 2.90 bits per heavy atom. The Morgan fingerprint density at radius 2 is 2.24 bits per heavy atom. The van der Waals surface area contributed by atoms with Crippen molar-refractivity contribution in [2.75, 3.05) is 18.4 Å². The fourth-order valence-corrected chi connectivity index (χ4v) is 2.78. The molecule has 3 heterocycles. The average molecular weight is 287 g/mol. The maximum absolute atomic E-state index is 12.3. The molecule has 3 rings (SSSR count). The number of hydrogen-bond acceptors (Lipinski definition) is 4. The molecular weight excluding hydrogens is 266 g/mol. The van der Waals surface area contributed by atoms with E-state index >= 15 is 0 Å². The second-order valence-corrected chi connectivity index (χ2v) is 6.05. The summed E-state index contributed by atoms with van der Waals surface area (Å²) in [6.07, 6.45) is 3.49. The zero-order valence-electron chi connectivity index (χ0n) is 12.6. The van der Waals surface area contributed by atoms with E-state index in [9.17, 15) is 4.79 Å². The molecule has 2 aromatic rings. The van der Waals surface area contributed by atoms with E-state index < -0.39 is 0 Å². The SMILES string of the molecule is CC(C)n1ncc2cc(NC(=O)[C@@H]3CNC[C@H]3C)cnc21. The minimum Gasteiger partial charge on any atom is -0.324 e. The van der Waals surface area contributed by atoms with Crippen LogP contribution in [0.1, 0.15) is 26.8 Å². The summed E-state index contributed by atoms with van der Waals surface area (Å²) in [5.74, 6) is 0.453. The molecule has 0 aromatic carbocycles. The van der Waals surface area contributed by atoms with Crippen LogP contribution in [0.2, 0.25) is 0 Å². The summed E-state index contributed by atoms with van der Waals surface area (Å²) in [5, 5.41) is 11.5. The first-order valence-electron chi connectivity index (χ1n) is 7.41. The zero-order valence-corrected chi connectivity index (χ0v) is 12.6. The van der Waals surface area contributed by atoms with Crippen molar-refractivity contribution in [3.05, 3.63) is 18.5 Å². The highest BCUT2D eigenvalue weighted by atomic mass is 16.1. The van der Waals surface area contributed by atoms with Crippen molar-refractivity contribution in [1.29, 1.82) is 0 Å². The van der Waals surface area contributed by atoms with Crippen LogP contribution in [0, 0.1) is 11.8 Å². The number of nitrogens with one attached hydrogen (secondary N) is 2. The van der Waals surface area contributed by atoms with Crippen LogP contribution in [0.5, 0.6) is 0 Å². The van der Waals surface area contributed by atoms with Crippen LogP contribution in [-0.2, 0) is 4.79 Å². The van der Waals surface area contributed by atoms with Gasteiger partial charge in [-0.2, -0.15) is 5.10 Å². The number of nitrogens with zero attached hydrogens (tertiary/aromatic N) is 3. The summed E-state index contributed by atoms with van der Waals surface area (Å²) < 4.78 is 1.88. The molecule has 0 bridgehead atoms. The van der Waals surface area contributed by atoms with Gasteiger partial charge in [-0.15, -0.1) is 0 Å². The van der Waals surface area contributed by atoms with Crippen LogP contribution in [0.4, 0.5) is 5.69 Å². The summed E-state index contributed by atoms with van der Waals surface area (Å²) in [7, 11) is 0. The van der Waals surface area contributed by atoms with Gasteiger partial charge in [0, 0.05) is 18.0 Å². The molecule has 0 unspecified atom stereocenters. The van der Waals surface area contributed by atoms with Gasteiger partial charge < -0.3 is 10.6 Å².